The highest BCUT2D eigenvalue weighted by Gasteiger charge is 2.08. The summed E-state index contributed by atoms with van der Waals surface area (Å²) in [6.07, 6.45) is 5.24. The first-order valence-electron chi connectivity index (χ1n) is 30.4. The number of nitrogens with zero attached hydrogens (tertiary/aromatic N) is 6. The Morgan fingerprint density at radius 2 is 0.732 bits per heavy atom. The van der Waals surface area contributed by atoms with Gasteiger partial charge in [0.15, 0.2) is 0 Å². The molecule has 0 aliphatic carbocycles. The van der Waals surface area contributed by atoms with E-state index in [1.165, 1.54) is 19.0 Å². The van der Waals surface area contributed by atoms with Crippen molar-refractivity contribution in [2.45, 2.75) is 33.5 Å². The Balaban J connectivity index is 0.000000168. The number of benzene rings is 9. The summed E-state index contributed by atoms with van der Waals surface area (Å²) in [7, 11) is -0.603. The van der Waals surface area contributed by atoms with Crippen LogP contribution in [0.3, 0.4) is 0 Å². The van der Waals surface area contributed by atoms with Crippen LogP contribution in [0.25, 0.3) is 0 Å². The zero-order valence-corrected chi connectivity index (χ0v) is 54.6. The predicted molar refractivity (Wildman–Crippen MR) is 392 cm³/mol. The normalized spacial score (nSPS) is 10.0. The van der Waals surface area contributed by atoms with E-state index in [1.807, 2.05) is 256 Å². The van der Waals surface area contributed by atoms with Crippen molar-refractivity contribution in [2.24, 2.45) is 0 Å². The summed E-state index contributed by atoms with van der Waals surface area (Å²) < 4.78 is 17.2. The fourth-order valence-electron chi connectivity index (χ4n) is 8.22. The number of rotatable bonds is 21. The fourth-order valence-corrected chi connectivity index (χ4v) is 8.37. The summed E-state index contributed by atoms with van der Waals surface area (Å²) in [5, 5.41) is 31.2. The molecule has 21 nitrogen and oxygen atoms in total. The zero-order chi connectivity index (χ0) is 68.4. The summed E-state index contributed by atoms with van der Waals surface area (Å²) in [4.78, 5) is 46.1. The average Bonchev–Trinajstić information content (AvgIpc) is 1.15. The third-order valence-electron chi connectivity index (χ3n) is 12.7. The molecule has 0 bridgehead atoms. The van der Waals surface area contributed by atoms with Crippen molar-refractivity contribution in [3.8, 4) is 34.5 Å². The van der Waals surface area contributed by atoms with Crippen LogP contribution >= 0.6 is 23.2 Å². The lowest BCUT2D eigenvalue weighted by molar-refractivity contribution is -0.116. The Hall–Kier alpha value is -12.2. The fraction of sp³-hybridized carbons (Fsp3) is 0.0685. The van der Waals surface area contributed by atoms with Gasteiger partial charge in [-0.15, -0.1) is 0 Å². The van der Waals surface area contributed by atoms with Crippen LogP contribution in [0.4, 0.5) is 80.3 Å². The van der Waals surface area contributed by atoms with Crippen molar-refractivity contribution in [3.63, 3.8) is 0 Å². The van der Waals surface area contributed by atoms with Crippen LogP contribution in [0.5, 0.6) is 34.5 Å². The number of carbonyl (C=O) groups excluding carboxylic acids is 2. The van der Waals surface area contributed by atoms with Crippen LogP contribution in [0.2, 0.25) is 12.0 Å². The van der Waals surface area contributed by atoms with Gasteiger partial charge in [0.25, 0.3) is 0 Å². The van der Waals surface area contributed by atoms with Crippen LogP contribution in [0, 0.1) is 0 Å². The minimum atomic E-state index is -0.603. The van der Waals surface area contributed by atoms with Gasteiger partial charge in [-0.25, -0.2) is 29.9 Å². The molecular weight excluding hydrogens is 1260 g/mol. The highest BCUT2D eigenvalue weighted by molar-refractivity contribution is 6.63. The number of ether oxygens (including phenoxy) is 3. The molecule has 0 saturated carbocycles. The van der Waals surface area contributed by atoms with Gasteiger partial charge in [0, 0.05) is 82.2 Å². The van der Waals surface area contributed by atoms with Gasteiger partial charge < -0.3 is 67.8 Å². The molecule has 9 aromatic carbocycles. The van der Waals surface area contributed by atoms with E-state index in [0.717, 1.165) is 80.0 Å². The predicted octanol–water partition coefficient (Wildman–Crippen LogP) is 18.1. The third-order valence-corrected chi connectivity index (χ3v) is 13.2. The molecule has 0 aliphatic rings. The van der Waals surface area contributed by atoms with E-state index in [9.17, 15) is 14.6 Å². The minimum Gasteiger partial charge on any atom is -0.457 e. The van der Waals surface area contributed by atoms with Gasteiger partial charge in [-0.2, -0.15) is 0 Å². The average molecular weight is 1340 g/mol. The summed E-state index contributed by atoms with van der Waals surface area (Å²) in [6.45, 7) is 5.19. The zero-order valence-electron chi connectivity index (χ0n) is 53.1. The van der Waals surface area contributed by atoms with Crippen LogP contribution in [0.1, 0.15) is 26.7 Å². The molecule has 24 heteroatoms. The molecule has 12 N–H and O–H groups in total. The summed E-state index contributed by atoms with van der Waals surface area (Å²) in [5.74, 6) is 7.95. The Bertz CT molecular complexity index is 4350. The summed E-state index contributed by atoms with van der Waals surface area (Å²) >= 11 is 10.6. The highest BCUT2D eigenvalue weighted by Crippen LogP contribution is 2.29. The second-order valence-electron chi connectivity index (χ2n) is 20.5. The molecule has 0 atom stereocenters. The number of nitrogen functional groups attached to an aromatic ring is 2. The maximum atomic E-state index is 11.6. The molecule has 0 aliphatic heterocycles. The lowest BCUT2D eigenvalue weighted by atomic mass is 9.88. The van der Waals surface area contributed by atoms with Crippen molar-refractivity contribution in [1.82, 2.24) is 29.9 Å². The number of halogens is 2. The first-order chi connectivity index (χ1) is 47.2. The molecule has 0 fully saturated rings. The van der Waals surface area contributed by atoms with E-state index in [1.54, 1.807) is 19.8 Å². The van der Waals surface area contributed by atoms with Gasteiger partial charge in [-0.1, -0.05) is 98.2 Å². The number of carbonyl (C=O) groups is 2. The molecule has 0 saturated heterocycles. The van der Waals surface area contributed by atoms with Gasteiger partial charge in [0.1, 0.15) is 87.7 Å². The van der Waals surface area contributed by atoms with Gasteiger partial charge in [0.2, 0.25) is 11.1 Å². The smallest absolute Gasteiger partial charge is 0.406 e. The third kappa shape index (κ3) is 26.4. The van der Waals surface area contributed by atoms with Gasteiger partial charge in [-0.3, -0.25) is 9.59 Å². The van der Waals surface area contributed by atoms with Gasteiger partial charge in [-0.05, 0) is 182 Å². The molecule has 97 heavy (non-hydrogen) atoms. The Morgan fingerprint density at radius 1 is 0.392 bits per heavy atom. The first kappa shape index (κ1) is 70.6. The Kier molecular flexibility index (Phi) is 27.7. The molecule has 0 spiro atoms. The highest BCUT2D eigenvalue weighted by atomic mass is 35.5. The quantitative estimate of drug-likeness (QED) is 0.0138. The number of anilines is 14. The van der Waals surface area contributed by atoms with E-state index < -0.39 is 7.05 Å². The molecule has 12 aromatic rings. The number of nitrogens with one attached hydrogen (secondary N) is 7. The second-order valence-corrected chi connectivity index (χ2v) is 21.3. The maximum absolute atomic E-state index is 11.6. The van der Waals surface area contributed by atoms with Gasteiger partial charge in [0.05, 0.1) is 0 Å². The molecule has 0 radical (unpaired) electrons. The number of aromatic nitrogens is 6. The minimum absolute atomic E-state index is 0.0316. The van der Waals surface area contributed by atoms with Crippen molar-refractivity contribution in [3.05, 3.63) is 279 Å². The molecule has 0 unspecified atom stereocenters. The van der Waals surface area contributed by atoms with E-state index in [0.29, 0.717) is 52.8 Å². The SMILES string of the molecule is CB(O)Nc1cccc(Nc2cc(Cl)ncn2)c1.CCC(=O)Cl.CCC(=O)Nc1cccc(Nc2cc(Nc3ccc(Oc4ccccc4)cc3)ncn2)c1.Nc1ccc(Oc2ccccc2)cc1.Nc1cccc(Nc2cc(Nc3ccc(Oc4ccccc4)cc3)ncn2)c1. The summed E-state index contributed by atoms with van der Waals surface area (Å²) in [5.41, 5.74) is 18.6. The van der Waals surface area contributed by atoms with E-state index >= 15 is 0 Å². The first-order valence-corrected chi connectivity index (χ1v) is 31.1. The number of hydrogen-bond donors (Lipinski definition) is 10. The summed E-state index contributed by atoms with van der Waals surface area (Å²) in [6, 6.07) is 79.4. The standard InChI is InChI=1S/C25H23N5O2.C22H19N5O.C12H11NO.C11H12BClN4O.C3H5ClO/c1-2-25(31)30-20-8-6-7-19(15-20)29-24-16-23(26-17-27-24)28-18-11-13-22(14-12-18)32-21-9-4-3-5-10-21;23-16-5-4-6-18(13-16)27-22-14-21(24-15-25-22)26-17-9-11-20(12-10-17)28-19-7-2-1-3-8-19;13-10-6-8-12(9-7-10)14-11-4-2-1-3-5-11;1-12(18)17-9-4-2-3-8(5-9)16-11-6-10(13)14-7-15-11;1-2-3(4)5/h3-17H,2H2,1H3,(H,30,31)(H2,26,27,28,29);1-15H,23H2,(H2,24,25,26,27);1-9H,13H2;2-7,17-18H,1H3,(H,14,15,16);2H2,1H3. The van der Waals surface area contributed by atoms with Crippen LogP contribution in [-0.4, -0.2) is 53.1 Å². The molecule has 12 rings (SSSR count). The van der Waals surface area contributed by atoms with Gasteiger partial charge >= 0.3 is 7.05 Å². The molecule has 3 heterocycles. The van der Waals surface area contributed by atoms with Crippen LogP contribution in [0.15, 0.2) is 274 Å². The van der Waals surface area contributed by atoms with Crippen molar-refractivity contribution in [2.75, 3.05) is 48.6 Å². The van der Waals surface area contributed by atoms with Crippen LogP contribution < -0.4 is 62.8 Å². The lowest BCUT2D eigenvalue weighted by Gasteiger charge is -2.11. The molecular formula is C73H70BCl2N15O6. The van der Waals surface area contributed by atoms with E-state index in [2.05, 4.69) is 67.0 Å². The lowest BCUT2D eigenvalue weighted by Crippen LogP contribution is -2.19. The topological polar surface area (TPSA) is 296 Å². The molecule has 1 amide bonds. The largest absolute Gasteiger partial charge is 0.457 e. The van der Waals surface area contributed by atoms with Crippen molar-refractivity contribution >= 4 is 122 Å². The number of hydrogen-bond acceptors (Lipinski definition) is 20. The Morgan fingerprint density at radius 3 is 1.12 bits per heavy atom. The maximum Gasteiger partial charge on any atom is 0.406 e. The number of amides is 1. The van der Waals surface area contributed by atoms with E-state index in [4.69, 9.17) is 48.9 Å². The number of nitrogens with two attached hydrogens (primary N) is 2. The van der Waals surface area contributed by atoms with E-state index in [-0.39, 0.29) is 11.1 Å². The van der Waals surface area contributed by atoms with Crippen LogP contribution in [-0.2, 0) is 9.59 Å². The van der Waals surface area contributed by atoms with Crippen molar-refractivity contribution < 1.29 is 28.8 Å². The molecule has 490 valence electrons. The van der Waals surface area contributed by atoms with Crippen molar-refractivity contribution in [1.29, 1.82) is 0 Å². The monoisotopic (exact) mass is 1330 g/mol. The Labute approximate surface area is 572 Å². The second kappa shape index (κ2) is 38.1. The number of para-hydroxylation sites is 3. The molecule has 3 aromatic heterocycles.